The molecule has 1 heterocycles. The second kappa shape index (κ2) is 5.79. The molecule has 0 saturated heterocycles. The smallest absolute Gasteiger partial charge is 0.274 e. The van der Waals surface area contributed by atoms with Crippen LogP contribution in [0, 0.1) is 10.1 Å². The van der Waals surface area contributed by atoms with E-state index in [2.05, 4.69) is 15.6 Å². The minimum absolute atomic E-state index is 0.0969. The number of carbonyl (C=O) groups excluding carboxylic acids is 1. The molecule has 0 fully saturated rings. The number of nitrogens with one attached hydrogen (secondary N) is 2. The van der Waals surface area contributed by atoms with Crippen LogP contribution in [-0.2, 0) is 0 Å². The van der Waals surface area contributed by atoms with Gasteiger partial charge in [-0.15, -0.1) is 0 Å². The summed E-state index contributed by atoms with van der Waals surface area (Å²) in [5.74, 6) is -0.428. The van der Waals surface area contributed by atoms with Gasteiger partial charge in [0.25, 0.3) is 11.6 Å². The van der Waals surface area contributed by atoms with Crippen molar-refractivity contribution in [2.24, 2.45) is 0 Å². The number of nitro groups is 1. The molecule has 0 unspecified atom stereocenters. The molecule has 2 aromatic rings. The minimum atomic E-state index is -0.518. The summed E-state index contributed by atoms with van der Waals surface area (Å²) in [6.45, 7) is 0. The maximum Gasteiger partial charge on any atom is 0.274 e. The molecule has 0 aliphatic carbocycles. The standard InChI is InChI=1S/C13H12N4O3/c1-14-10-6-5-9(17(19)20)8-12(10)16-13(18)11-4-2-3-7-15-11/h2-8,14H,1H3,(H,16,18). The first-order valence-electron chi connectivity index (χ1n) is 5.80. The van der Waals surface area contributed by atoms with E-state index in [1.54, 1.807) is 25.2 Å². The summed E-state index contributed by atoms with van der Waals surface area (Å²) in [5, 5.41) is 16.2. The van der Waals surface area contributed by atoms with Gasteiger partial charge in [-0.3, -0.25) is 19.9 Å². The van der Waals surface area contributed by atoms with E-state index in [0.717, 1.165) is 0 Å². The van der Waals surface area contributed by atoms with Crippen molar-refractivity contribution in [3.8, 4) is 0 Å². The number of nitrogens with zero attached hydrogens (tertiary/aromatic N) is 2. The highest BCUT2D eigenvalue weighted by molar-refractivity contribution is 6.04. The molecule has 20 heavy (non-hydrogen) atoms. The van der Waals surface area contributed by atoms with Crippen molar-refractivity contribution in [2.45, 2.75) is 0 Å². The molecule has 0 aliphatic rings. The van der Waals surface area contributed by atoms with E-state index in [1.807, 2.05) is 0 Å². The third kappa shape index (κ3) is 2.89. The molecule has 1 aromatic carbocycles. The van der Waals surface area contributed by atoms with Gasteiger partial charge in [-0.2, -0.15) is 0 Å². The lowest BCUT2D eigenvalue weighted by Gasteiger charge is -2.10. The molecule has 1 amide bonds. The molecule has 1 aromatic heterocycles. The number of aromatic nitrogens is 1. The van der Waals surface area contributed by atoms with Crippen LogP contribution in [-0.4, -0.2) is 22.9 Å². The average Bonchev–Trinajstić information content (AvgIpc) is 2.48. The lowest BCUT2D eigenvalue weighted by Crippen LogP contribution is -2.14. The first kappa shape index (κ1) is 13.5. The Morgan fingerprint density at radius 1 is 1.25 bits per heavy atom. The Morgan fingerprint density at radius 2 is 2.05 bits per heavy atom. The van der Waals surface area contributed by atoms with Crippen molar-refractivity contribution < 1.29 is 9.72 Å². The number of hydrogen-bond acceptors (Lipinski definition) is 5. The largest absolute Gasteiger partial charge is 0.386 e. The van der Waals surface area contributed by atoms with Crippen LogP contribution in [0.2, 0.25) is 0 Å². The van der Waals surface area contributed by atoms with Crippen LogP contribution in [0.4, 0.5) is 17.1 Å². The SMILES string of the molecule is CNc1ccc([N+](=O)[O-])cc1NC(=O)c1ccccn1. The molecule has 102 valence electrons. The van der Waals surface area contributed by atoms with Crippen LogP contribution in [0.25, 0.3) is 0 Å². The third-order valence-electron chi connectivity index (χ3n) is 2.63. The van der Waals surface area contributed by atoms with Crippen LogP contribution in [0.3, 0.4) is 0 Å². The summed E-state index contributed by atoms with van der Waals surface area (Å²) in [6, 6.07) is 9.14. The first-order valence-corrected chi connectivity index (χ1v) is 5.80. The van der Waals surface area contributed by atoms with Gasteiger partial charge in [0.1, 0.15) is 5.69 Å². The molecule has 0 bridgehead atoms. The molecular formula is C13H12N4O3. The van der Waals surface area contributed by atoms with Crippen LogP contribution in [0.5, 0.6) is 0 Å². The third-order valence-corrected chi connectivity index (χ3v) is 2.63. The van der Waals surface area contributed by atoms with Gasteiger partial charge in [-0.1, -0.05) is 6.07 Å². The topological polar surface area (TPSA) is 97.2 Å². The highest BCUT2D eigenvalue weighted by Crippen LogP contribution is 2.26. The zero-order valence-electron chi connectivity index (χ0n) is 10.7. The Balaban J connectivity index is 2.30. The van der Waals surface area contributed by atoms with Gasteiger partial charge in [0.15, 0.2) is 0 Å². The maximum atomic E-state index is 12.0. The molecule has 7 heteroatoms. The quantitative estimate of drug-likeness (QED) is 0.657. The Labute approximate surface area is 114 Å². The van der Waals surface area contributed by atoms with E-state index in [9.17, 15) is 14.9 Å². The molecule has 0 atom stereocenters. The molecular weight excluding hydrogens is 260 g/mol. The summed E-state index contributed by atoms with van der Waals surface area (Å²) < 4.78 is 0. The number of amides is 1. The second-order valence-corrected chi connectivity index (χ2v) is 3.91. The Morgan fingerprint density at radius 3 is 2.65 bits per heavy atom. The van der Waals surface area contributed by atoms with Crippen molar-refractivity contribution in [1.29, 1.82) is 0 Å². The molecule has 2 rings (SSSR count). The van der Waals surface area contributed by atoms with Gasteiger partial charge < -0.3 is 10.6 Å². The van der Waals surface area contributed by atoms with Gasteiger partial charge in [0.2, 0.25) is 0 Å². The Hall–Kier alpha value is -2.96. The van der Waals surface area contributed by atoms with E-state index in [1.165, 1.54) is 24.4 Å². The number of carbonyl (C=O) groups is 1. The van der Waals surface area contributed by atoms with E-state index in [-0.39, 0.29) is 11.4 Å². The lowest BCUT2D eigenvalue weighted by atomic mass is 10.2. The number of rotatable bonds is 4. The molecule has 7 nitrogen and oxygen atoms in total. The highest BCUT2D eigenvalue weighted by Gasteiger charge is 2.13. The van der Waals surface area contributed by atoms with E-state index >= 15 is 0 Å². The maximum absolute atomic E-state index is 12.0. The van der Waals surface area contributed by atoms with Gasteiger partial charge in [-0.25, -0.2) is 0 Å². The lowest BCUT2D eigenvalue weighted by molar-refractivity contribution is -0.384. The monoisotopic (exact) mass is 272 g/mol. The average molecular weight is 272 g/mol. The summed E-state index contributed by atoms with van der Waals surface area (Å²) >= 11 is 0. The van der Waals surface area contributed by atoms with Crippen molar-refractivity contribution in [2.75, 3.05) is 17.7 Å². The fourth-order valence-corrected chi connectivity index (χ4v) is 1.65. The van der Waals surface area contributed by atoms with Gasteiger partial charge >= 0.3 is 0 Å². The number of non-ortho nitro benzene ring substituents is 1. The van der Waals surface area contributed by atoms with Crippen LogP contribution >= 0.6 is 0 Å². The number of nitro benzene ring substituents is 1. The van der Waals surface area contributed by atoms with Crippen LogP contribution in [0.15, 0.2) is 42.6 Å². The van der Waals surface area contributed by atoms with Crippen molar-refractivity contribution in [3.63, 3.8) is 0 Å². The van der Waals surface area contributed by atoms with E-state index in [0.29, 0.717) is 11.4 Å². The summed E-state index contributed by atoms with van der Waals surface area (Å²) in [5.41, 5.74) is 1.05. The van der Waals surface area contributed by atoms with E-state index < -0.39 is 10.8 Å². The van der Waals surface area contributed by atoms with Crippen molar-refractivity contribution >= 4 is 23.0 Å². The van der Waals surface area contributed by atoms with Crippen molar-refractivity contribution in [1.82, 2.24) is 4.98 Å². The zero-order chi connectivity index (χ0) is 14.5. The van der Waals surface area contributed by atoms with Gasteiger partial charge in [0.05, 0.1) is 16.3 Å². The van der Waals surface area contributed by atoms with E-state index in [4.69, 9.17) is 0 Å². The fourth-order valence-electron chi connectivity index (χ4n) is 1.65. The van der Waals surface area contributed by atoms with Crippen LogP contribution < -0.4 is 10.6 Å². The predicted octanol–water partition coefficient (Wildman–Crippen LogP) is 2.28. The zero-order valence-corrected chi connectivity index (χ0v) is 10.7. The number of anilines is 2. The minimum Gasteiger partial charge on any atom is -0.386 e. The molecule has 0 aliphatic heterocycles. The Kier molecular flexibility index (Phi) is 3.90. The number of benzene rings is 1. The molecule has 0 radical (unpaired) electrons. The van der Waals surface area contributed by atoms with Gasteiger partial charge in [0, 0.05) is 25.4 Å². The van der Waals surface area contributed by atoms with Crippen molar-refractivity contribution in [3.05, 3.63) is 58.4 Å². The summed E-state index contributed by atoms with van der Waals surface area (Å²) in [4.78, 5) is 26.2. The van der Waals surface area contributed by atoms with Gasteiger partial charge in [-0.05, 0) is 18.2 Å². The Bertz CT molecular complexity index is 643. The second-order valence-electron chi connectivity index (χ2n) is 3.91. The predicted molar refractivity (Wildman–Crippen MR) is 74.8 cm³/mol. The molecule has 0 saturated carbocycles. The first-order chi connectivity index (χ1) is 9.61. The highest BCUT2D eigenvalue weighted by atomic mass is 16.6. The van der Waals surface area contributed by atoms with Crippen LogP contribution in [0.1, 0.15) is 10.5 Å². The normalized spacial score (nSPS) is 9.85. The fraction of sp³-hybridized carbons (Fsp3) is 0.0769. The molecule has 2 N–H and O–H groups in total. The molecule has 0 spiro atoms. The number of pyridine rings is 1. The summed E-state index contributed by atoms with van der Waals surface area (Å²) in [6.07, 6.45) is 1.50. The summed E-state index contributed by atoms with van der Waals surface area (Å²) in [7, 11) is 1.66. The number of hydrogen-bond donors (Lipinski definition) is 2.